The molecule has 1 aliphatic heterocycles. The molecule has 1 saturated heterocycles. The molecule has 2 rings (SSSR count). The Balaban J connectivity index is 2.20. The first-order valence-corrected chi connectivity index (χ1v) is 6.71. The lowest BCUT2D eigenvalue weighted by Gasteiger charge is -2.23. The van der Waals surface area contributed by atoms with Crippen molar-refractivity contribution in [1.29, 1.82) is 5.26 Å². The van der Waals surface area contributed by atoms with Gasteiger partial charge in [-0.15, -0.1) is 0 Å². The highest BCUT2D eigenvalue weighted by atomic mass is 32.1. The fourth-order valence-corrected chi connectivity index (χ4v) is 3.06. The fraction of sp³-hybridized carbons (Fsp3) is 0.667. The van der Waals surface area contributed by atoms with Gasteiger partial charge in [0.1, 0.15) is 16.6 Å². The van der Waals surface area contributed by atoms with E-state index in [1.54, 1.807) is 0 Å². The molecule has 92 valence electrons. The third-order valence-electron chi connectivity index (χ3n) is 3.44. The van der Waals surface area contributed by atoms with Crippen LogP contribution < -0.4 is 10.6 Å². The van der Waals surface area contributed by atoms with E-state index in [1.807, 2.05) is 0 Å². The Labute approximate surface area is 106 Å². The monoisotopic (exact) mass is 250 g/mol. The minimum atomic E-state index is 0.371. The van der Waals surface area contributed by atoms with Crippen molar-refractivity contribution < 1.29 is 0 Å². The molecule has 5 heteroatoms. The summed E-state index contributed by atoms with van der Waals surface area (Å²) in [6.07, 6.45) is 3.55. The van der Waals surface area contributed by atoms with E-state index < -0.39 is 0 Å². The third-order valence-corrected chi connectivity index (χ3v) is 4.36. The molecular weight excluding hydrogens is 232 g/mol. The van der Waals surface area contributed by atoms with E-state index in [9.17, 15) is 0 Å². The highest BCUT2D eigenvalue weighted by Crippen LogP contribution is 2.35. The number of aromatic nitrogens is 1. The van der Waals surface area contributed by atoms with Crippen LogP contribution in [0, 0.1) is 16.7 Å². The van der Waals surface area contributed by atoms with E-state index in [2.05, 4.69) is 29.2 Å². The number of nitrogen functional groups attached to an aromatic ring is 1. The molecule has 4 nitrogen and oxygen atoms in total. The van der Waals surface area contributed by atoms with Gasteiger partial charge in [-0.25, -0.2) is 0 Å². The molecule has 1 aliphatic rings. The zero-order valence-corrected chi connectivity index (χ0v) is 11.2. The summed E-state index contributed by atoms with van der Waals surface area (Å²) in [6, 6.07) is 2.16. The smallest absolute Gasteiger partial charge is 0.157 e. The molecule has 2 heterocycles. The van der Waals surface area contributed by atoms with Crippen LogP contribution in [0.3, 0.4) is 0 Å². The molecule has 0 unspecified atom stereocenters. The van der Waals surface area contributed by atoms with Crippen LogP contribution in [0.25, 0.3) is 0 Å². The standard InChI is InChI=1S/C12H18N4S/c1-12(2)4-3-6-16(7-5-12)11-9(8-13)10(14)15-17-11/h3-7H2,1-2H3,(H2,14,15). The highest BCUT2D eigenvalue weighted by molar-refractivity contribution is 7.10. The van der Waals surface area contributed by atoms with Gasteiger partial charge in [-0.1, -0.05) is 13.8 Å². The van der Waals surface area contributed by atoms with Crippen LogP contribution >= 0.6 is 11.5 Å². The number of hydrogen-bond acceptors (Lipinski definition) is 5. The first-order chi connectivity index (χ1) is 8.03. The third kappa shape index (κ3) is 2.52. The molecule has 0 bridgehead atoms. The fourth-order valence-electron chi connectivity index (χ4n) is 2.24. The molecule has 1 aromatic heterocycles. The first-order valence-electron chi connectivity index (χ1n) is 5.94. The summed E-state index contributed by atoms with van der Waals surface area (Å²) in [5, 5.41) is 10.0. The van der Waals surface area contributed by atoms with Gasteiger partial charge in [0.15, 0.2) is 5.82 Å². The largest absolute Gasteiger partial charge is 0.382 e. The zero-order chi connectivity index (χ0) is 12.5. The van der Waals surface area contributed by atoms with E-state index in [1.165, 1.54) is 18.0 Å². The summed E-state index contributed by atoms with van der Waals surface area (Å²) in [5.74, 6) is 0.371. The number of hydrogen-bond donors (Lipinski definition) is 1. The Bertz CT molecular complexity index is 444. The zero-order valence-electron chi connectivity index (χ0n) is 10.4. The van der Waals surface area contributed by atoms with Crippen molar-refractivity contribution in [2.45, 2.75) is 33.1 Å². The van der Waals surface area contributed by atoms with E-state index in [0.29, 0.717) is 16.8 Å². The lowest BCUT2D eigenvalue weighted by Crippen LogP contribution is -2.24. The second kappa shape index (κ2) is 4.53. The van der Waals surface area contributed by atoms with Gasteiger partial charge in [0, 0.05) is 13.1 Å². The van der Waals surface area contributed by atoms with Gasteiger partial charge in [0.2, 0.25) is 0 Å². The van der Waals surface area contributed by atoms with E-state index in [0.717, 1.165) is 30.9 Å². The highest BCUT2D eigenvalue weighted by Gasteiger charge is 2.25. The minimum Gasteiger partial charge on any atom is -0.382 e. The number of nitrogens with two attached hydrogens (primary N) is 1. The normalized spacial score (nSPS) is 19.7. The van der Waals surface area contributed by atoms with Crippen molar-refractivity contribution in [3.63, 3.8) is 0 Å². The van der Waals surface area contributed by atoms with Crippen molar-refractivity contribution in [2.75, 3.05) is 23.7 Å². The molecular formula is C12H18N4S. The van der Waals surface area contributed by atoms with Crippen molar-refractivity contribution in [2.24, 2.45) is 5.41 Å². The van der Waals surface area contributed by atoms with Crippen LogP contribution in [-0.4, -0.2) is 17.5 Å². The summed E-state index contributed by atoms with van der Waals surface area (Å²) >= 11 is 1.35. The Morgan fingerprint density at radius 3 is 2.88 bits per heavy atom. The summed E-state index contributed by atoms with van der Waals surface area (Å²) < 4.78 is 4.08. The van der Waals surface area contributed by atoms with Gasteiger partial charge in [-0.05, 0) is 36.2 Å². The summed E-state index contributed by atoms with van der Waals surface area (Å²) in [5.41, 5.74) is 6.65. The van der Waals surface area contributed by atoms with Crippen LogP contribution in [0.15, 0.2) is 0 Å². The quantitative estimate of drug-likeness (QED) is 0.832. The second-order valence-electron chi connectivity index (χ2n) is 5.36. The molecule has 0 aromatic carbocycles. The minimum absolute atomic E-state index is 0.371. The molecule has 0 spiro atoms. The number of anilines is 2. The van der Waals surface area contributed by atoms with Gasteiger partial charge in [-0.3, -0.25) is 0 Å². The molecule has 0 atom stereocenters. The first kappa shape index (κ1) is 12.2. The average Bonchev–Trinajstić information content (AvgIpc) is 2.54. The van der Waals surface area contributed by atoms with E-state index in [4.69, 9.17) is 11.0 Å². The summed E-state index contributed by atoms with van der Waals surface area (Å²) in [6.45, 7) is 6.61. The Hall–Kier alpha value is -1.28. The maximum absolute atomic E-state index is 9.10. The number of rotatable bonds is 1. The topological polar surface area (TPSA) is 65.9 Å². The van der Waals surface area contributed by atoms with Crippen molar-refractivity contribution in [1.82, 2.24) is 4.37 Å². The SMILES string of the molecule is CC1(C)CCCN(c2snc(N)c2C#N)CC1. The number of nitrogens with zero attached hydrogens (tertiary/aromatic N) is 3. The van der Waals surface area contributed by atoms with Gasteiger partial charge < -0.3 is 10.6 Å². The predicted molar refractivity (Wildman–Crippen MR) is 71.1 cm³/mol. The van der Waals surface area contributed by atoms with E-state index in [-0.39, 0.29) is 0 Å². The van der Waals surface area contributed by atoms with Gasteiger partial charge in [-0.2, -0.15) is 9.64 Å². The Morgan fingerprint density at radius 1 is 1.41 bits per heavy atom. The molecule has 2 N–H and O–H groups in total. The van der Waals surface area contributed by atoms with Crippen LogP contribution in [0.1, 0.15) is 38.7 Å². The second-order valence-corrected chi connectivity index (χ2v) is 6.12. The summed E-state index contributed by atoms with van der Waals surface area (Å²) in [4.78, 5) is 2.27. The lowest BCUT2D eigenvalue weighted by atomic mass is 9.85. The van der Waals surface area contributed by atoms with Gasteiger partial charge >= 0.3 is 0 Å². The van der Waals surface area contributed by atoms with Gasteiger partial charge in [0.05, 0.1) is 0 Å². The lowest BCUT2D eigenvalue weighted by molar-refractivity contribution is 0.325. The maximum atomic E-state index is 9.10. The predicted octanol–water partition coefficient (Wildman–Crippen LogP) is 2.61. The molecule has 0 amide bonds. The number of nitriles is 1. The molecule has 0 saturated carbocycles. The average molecular weight is 250 g/mol. The Morgan fingerprint density at radius 2 is 2.18 bits per heavy atom. The van der Waals surface area contributed by atoms with Crippen LogP contribution in [-0.2, 0) is 0 Å². The Kier molecular flexibility index (Phi) is 3.25. The van der Waals surface area contributed by atoms with Crippen molar-refractivity contribution >= 4 is 22.4 Å². The molecule has 1 aromatic rings. The molecule has 17 heavy (non-hydrogen) atoms. The van der Waals surface area contributed by atoms with Gasteiger partial charge in [0.25, 0.3) is 0 Å². The molecule has 0 aliphatic carbocycles. The molecule has 1 fully saturated rings. The van der Waals surface area contributed by atoms with Crippen LogP contribution in [0.2, 0.25) is 0 Å². The van der Waals surface area contributed by atoms with Crippen molar-refractivity contribution in [3.05, 3.63) is 5.56 Å². The maximum Gasteiger partial charge on any atom is 0.157 e. The van der Waals surface area contributed by atoms with Crippen LogP contribution in [0.4, 0.5) is 10.8 Å². The summed E-state index contributed by atoms with van der Waals surface area (Å²) in [7, 11) is 0. The van der Waals surface area contributed by atoms with E-state index >= 15 is 0 Å². The van der Waals surface area contributed by atoms with Crippen molar-refractivity contribution in [3.8, 4) is 6.07 Å². The molecule has 0 radical (unpaired) electrons. The van der Waals surface area contributed by atoms with Crippen LogP contribution in [0.5, 0.6) is 0 Å².